The van der Waals surface area contributed by atoms with Crippen LogP contribution < -0.4 is 15.4 Å². The Morgan fingerprint density at radius 1 is 1.28 bits per heavy atom. The Labute approximate surface area is 168 Å². The summed E-state index contributed by atoms with van der Waals surface area (Å²) in [7, 11) is 0. The van der Waals surface area contributed by atoms with Crippen LogP contribution in [0.25, 0.3) is 0 Å². The Morgan fingerprint density at radius 3 is 2.72 bits per heavy atom. The summed E-state index contributed by atoms with van der Waals surface area (Å²) in [4.78, 5) is 8.31. The van der Waals surface area contributed by atoms with Crippen molar-refractivity contribution in [3.8, 4) is 5.88 Å². The monoisotopic (exact) mass is 412 g/mol. The Balaban J connectivity index is 1.90. The second-order valence-corrected chi connectivity index (χ2v) is 6.50. The van der Waals surface area contributed by atoms with Crippen LogP contribution in [-0.2, 0) is 13.1 Å². The quantitative estimate of drug-likeness (QED) is 0.376. The van der Waals surface area contributed by atoms with Crippen molar-refractivity contribution in [3.05, 3.63) is 41.3 Å². The highest BCUT2D eigenvalue weighted by Gasteiger charge is 2.29. The summed E-state index contributed by atoms with van der Waals surface area (Å²) >= 11 is 0. The fourth-order valence-corrected chi connectivity index (χ4v) is 2.67. The molecule has 0 spiro atoms. The van der Waals surface area contributed by atoms with Crippen LogP contribution in [0.3, 0.4) is 0 Å². The summed E-state index contributed by atoms with van der Waals surface area (Å²) < 4.78 is 44.0. The molecule has 7 nitrogen and oxygen atoms in total. The highest BCUT2D eigenvalue weighted by atomic mass is 19.4. The molecule has 0 aromatic carbocycles. The van der Waals surface area contributed by atoms with Gasteiger partial charge in [0.15, 0.2) is 12.6 Å². The minimum absolute atomic E-state index is 0.0612. The van der Waals surface area contributed by atoms with Crippen LogP contribution in [-0.4, -0.2) is 46.6 Å². The first-order valence-electron chi connectivity index (χ1n) is 9.45. The van der Waals surface area contributed by atoms with Crippen molar-refractivity contribution in [2.45, 2.75) is 46.5 Å². The molecule has 160 valence electrons. The van der Waals surface area contributed by atoms with Gasteiger partial charge in [0.25, 0.3) is 0 Å². The van der Waals surface area contributed by atoms with E-state index in [4.69, 9.17) is 4.74 Å². The number of halogens is 3. The molecule has 0 bridgehead atoms. The van der Waals surface area contributed by atoms with Gasteiger partial charge in [0, 0.05) is 37.1 Å². The molecule has 2 N–H and O–H groups in total. The maximum Gasteiger partial charge on any atom is 0.422 e. The molecule has 0 unspecified atom stereocenters. The number of pyridine rings is 1. The molecular formula is C19H27F3N6O. The Bertz CT molecular complexity index is 803. The van der Waals surface area contributed by atoms with Gasteiger partial charge in [0.2, 0.25) is 5.88 Å². The molecule has 0 aliphatic heterocycles. The summed E-state index contributed by atoms with van der Waals surface area (Å²) in [6.45, 7) is 6.80. The van der Waals surface area contributed by atoms with Gasteiger partial charge in [-0.2, -0.15) is 18.3 Å². The summed E-state index contributed by atoms with van der Waals surface area (Å²) in [6.07, 6.45) is -2.18. The molecule has 0 aliphatic carbocycles. The number of rotatable bonds is 9. The van der Waals surface area contributed by atoms with E-state index in [0.29, 0.717) is 24.6 Å². The lowest BCUT2D eigenvalue weighted by molar-refractivity contribution is -0.154. The van der Waals surface area contributed by atoms with Crippen LogP contribution in [0.2, 0.25) is 0 Å². The first-order chi connectivity index (χ1) is 13.8. The molecule has 29 heavy (non-hydrogen) atoms. The molecule has 2 aromatic heterocycles. The number of aliphatic imine (C=N–C) groups is 1. The summed E-state index contributed by atoms with van der Waals surface area (Å²) in [5, 5.41) is 10.8. The zero-order valence-electron chi connectivity index (χ0n) is 16.9. The number of nitrogens with zero attached hydrogens (tertiary/aromatic N) is 4. The third kappa shape index (κ3) is 8.00. The number of hydrogen-bond donors (Lipinski definition) is 2. The van der Waals surface area contributed by atoms with Gasteiger partial charge in [0.05, 0.1) is 12.2 Å². The third-order valence-corrected chi connectivity index (χ3v) is 3.92. The summed E-state index contributed by atoms with van der Waals surface area (Å²) in [6, 6.07) is 5.32. The number of aromatic nitrogens is 3. The number of ether oxygens (including phenoxy) is 1. The van der Waals surface area contributed by atoms with Gasteiger partial charge in [0.1, 0.15) is 0 Å². The first-order valence-corrected chi connectivity index (χ1v) is 9.45. The van der Waals surface area contributed by atoms with Crippen molar-refractivity contribution in [1.29, 1.82) is 0 Å². The van der Waals surface area contributed by atoms with Crippen molar-refractivity contribution in [3.63, 3.8) is 0 Å². The number of aryl methyl sites for hydroxylation is 3. The Morgan fingerprint density at radius 2 is 2.07 bits per heavy atom. The van der Waals surface area contributed by atoms with Crippen LogP contribution in [0.15, 0.2) is 29.4 Å². The molecule has 0 amide bonds. The van der Waals surface area contributed by atoms with Gasteiger partial charge in [-0.05, 0) is 39.3 Å². The molecule has 2 aromatic rings. The second kappa shape index (κ2) is 10.7. The van der Waals surface area contributed by atoms with Gasteiger partial charge in [-0.25, -0.2) is 9.98 Å². The fraction of sp³-hybridized carbons (Fsp3) is 0.526. The molecule has 0 aliphatic rings. The number of guanidine groups is 1. The van der Waals surface area contributed by atoms with Crippen molar-refractivity contribution in [2.24, 2.45) is 4.99 Å². The Kier molecular flexibility index (Phi) is 8.29. The van der Waals surface area contributed by atoms with E-state index >= 15 is 0 Å². The van der Waals surface area contributed by atoms with E-state index in [0.717, 1.165) is 24.4 Å². The molecule has 0 saturated carbocycles. The first kappa shape index (κ1) is 22.5. The highest BCUT2D eigenvalue weighted by Crippen LogP contribution is 2.20. The standard InChI is InChI=1S/C19H27F3N6O/c1-4-23-18(25-9-6-10-28-15(3)11-14(2)27-28)26-12-16-7-5-8-24-17(16)29-13-19(20,21)22/h5,7-8,11H,4,6,9-10,12-13H2,1-3H3,(H2,23,25,26). The molecule has 0 fully saturated rings. The number of hydrogen-bond acceptors (Lipinski definition) is 4. The van der Waals surface area contributed by atoms with Crippen LogP contribution in [0, 0.1) is 13.8 Å². The van der Waals surface area contributed by atoms with E-state index in [-0.39, 0.29) is 12.4 Å². The van der Waals surface area contributed by atoms with Crippen molar-refractivity contribution in [1.82, 2.24) is 25.4 Å². The minimum Gasteiger partial charge on any atom is -0.468 e. The molecule has 0 radical (unpaired) electrons. The molecular weight excluding hydrogens is 385 g/mol. The lowest BCUT2D eigenvalue weighted by Gasteiger charge is -2.13. The lowest BCUT2D eigenvalue weighted by atomic mass is 10.3. The molecule has 10 heteroatoms. The predicted molar refractivity (Wildman–Crippen MR) is 105 cm³/mol. The lowest BCUT2D eigenvalue weighted by Crippen LogP contribution is -2.38. The molecule has 0 saturated heterocycles. The van der Waals surface area contributed by atoms with Crippen LogP contribution in [0.4, 0.5) is 13.2 Å². The SMILES string of the molecule is CCNC(=NCc1cccnc1OCC(F)(F)F)NCCCn1nc(C)cc1C. The van der Waals surface area contributed by atoms with E-state index < -0.39 is 12.8 Å². The third-order valence-electron chi connectivity index (χ3n) is 3.92. The zero-order valence-corrected chi connectivity index (χ0v) is 16.9. The van der Waals surface area contributed by atoms with Crippen molar-refractivity contribution < 1.29 is 17.9 Å². The molecule has 0 atom stereocenters. The van der Waals surface area contributed by atoms with Crippen molar-refractivity contribution >= 4 is 5.96 Å². The van der Waals surface area contributed by atoms with Gasteiger partial charge in [-0.1, -0.05) is 6.07 Å². The zero-order chi connectivity index (χ0) is 21.3. The Hall–Kier alpha value is -2.78. The van der Waals surface area contributed by atoms with Gasteiger partial charge in [-0.3, -0.25) is 4.68 Å². The second-order valence-electron chi connectivity index (χ2n) is 6.50. The van der Waals surface area contributed by atoms with Crippen molar-refractivity contribution in [2.75, 3.05) is 19.7 Å². The van der Waals surface area contributed by atoms with E-state index in [2.05, 4.69) is 25.7 Å². The topological polar surface area (TPSA) is 76.4 Å². The average Bonchev–Trinajstić information content (AvgIpc) is 2.98. The summed E-state index contributed by atoms with van der Waals surface area (Å²) in [5.74, 6) is 0.514. The normalized spacial score (nSPS) is 12.1. The van der Waals surface area contributed by atoms with E-state index in [1.54, 1.807) is 12.1 Å². The van der Waals surface area contributed by atoms with E-state index in [9.17, 15) is 13.2 Å². The highest BCUT2D eigenvalue weighted by molar-refractivity contribution is 5.79. The van der Waals surface area contributed by atoms with E-state index in [1.807, 2.05) is 31.5 Å². The van der Waals surface area contributed by atoms with E-state index in [1.165, 1.54) is 6.20 Å². The average molecular weight is 412 g/mol. The van der Waals surface area contributed by atoms with Crippen LogP contribution >= 0.6 is 0 Å². The smallest absolute Gasteiger partial charge is 0.422 e. The van der Waals surface area contributed by atoms with Gasteiger partial charge < -0.3 is 15.4 Å². The minimum atomic E-state index is -4.42. The number of nitrogens with one attached hydrogen (secondary N) is 2. The maximum atomic E-state index is 12.4. The maximum absolute atomic E-state index is 12.4. The van der Waals surface area contributed by atoms with Gasteiger partial charge in [-0.15, -0.1) is 0 Å². The molecule has 2 heterocycles. The summed E-state index contributed by atoms with van der Waals surface area (Å²) in [5.41, 5.74) is 2.59. The van der Waals surface area contributed by atoms with Crippen LogP contribution in [0.1, 0.15) is 30.3 Å². The fourth-order valence-electron chi connectivity index (χ4n) is 2.67. The number of alkyl halides is 3. The largest absolute Gasteiger partial charge is 0.468 e. The molecule has 2 rings (SSSR count). The van der Waals surface area contributed by atoms with Gasteiger partial charge >= 0.3 is 6.18 Å². The van der Waals surface area contributed by atoms with Crippen LogP contribution in [0.5, 0.6) is 5.88 Å². The predicted octanol–water partition coefficient (Wildman–Crippen LogP) is 2.98.